The summed E-state index contributed by atoms with van der Waals surface area (Å²) in [5.41, 5.74) is 2.68. The first kappa shape index (κ1) is 15.1. The van der Waals surface area contributed by atoms with E-state index in [2.05, 4.69) is 15.6 Å². The van der Waals surface area contributed by atoms with Crippen molar-refractivity contribution in [1.29, 1.82) is 0 Å². The fraction of sp³-hybridized carbons (Fsp3) is 0.294. The zero-order chi connectivity index (χ0) is 16.1. The lowest BCUT2D eigenvalue weighted by Gasteiger charge is -2.08. The van der Waals surface area contributed by atoms with E-state index in [0.717, 1.165) is 11.1 Å². The first-order valence-corrected chi connectivity index (χ1v) is 7.65. The van der Waals surface area contributed by atoms with Crippen LogP contribution in [0.15, 0.2) is 48.3 Å². The number of nitrogens with zero attached hydrogens (tertiary/aromatic N) is 3. The van der Waals surface area contributed by atoms with Crippen molar-refractivity contribution in [3.63, 3.8) is 0 Å². The Bertz CT molecular complexity index is 720. The molecule has 1 aliphatic rings. The molecule has 0 saturated heterocycles. The molecule has 6 heteroatoms. The molecule has 0 fully saturated rings. The standard InChI is InChI=1S/C17H18N4O2/c22-16-7-6-14(13-4-2-1-3-5-13)15(16)12-17(23)18-8-10-21-11-9-19-20-21/h1-5,9,11H,6-8,10,12H2,(H,18,23). The molecular formula is C17H18N4O2. The van der Waals surface area contributed by atoms with Crippen LogP contribution in [0.1, 0.15) is 24.8 Å². The van der Waals surface area contributed by atoms with Crippen LogP contribution in [0.4, 0.5) is 0 Å². The zero-order valence-electron chi connectivity index (χ0n) is 12.7. The highest BCUT2D eigenvalue weighted by molar-refractivity contribution is 6.10. The van der Waals surface area contributed by atoms with Gasteiger partial charge in [-0.3, -0.25) is 14.3 Å². The molecule has 3 rings (SSSR count). The van der Waals surface area contributed by atoms with Crippen LogP contribution in [-0.2, 0) is 16.1 Å². The van der Waals surface area contributed by atoms with Gasteiger partial charge < -0.3 is 5.32 Å². The number of aromatic nitrogens is 3. The summed E-state index contributed by atoms with van der Waals surface area (Å²) in [5, 5.41) is 10.4. The Morgan fingerprint density at radius 3 is 2.78 bits per heavy atom. The number of amides is 1. The van der Waals surface area contributed by atoms with Crippen molar-refractivity contribution >= 4 is 17.3 Å². The Morgan fingerprint density at radius 1 is 1.22 bits per heavy atom. The maximum atomic E-state index is 12.1. The number of benzene rings is 1. The molecule has 0 radical (unpaired) electrons. The second kappa shape index (κ2) is 7.00. The van der Waals surface area contributed by atoms with E-state index in [-0.39, 0.29) is 18.1 Å². The van der Waals surface area contributed by atoms with Crippen LogP contribution in [0.5, 0.6) is 0 Å². The third kappa shape index (κ3) is 3.71. The van der Waals surface area contributed by atoms with Gasteiger partial charge in [-0.25, -0.2) is 0 Å². The summed E-state index contributed by atoms with van der Waals surface area (Å²) < 4.78 is 1.65. The molecule has 0 saturated carbocycles. The van der Waals surface area contributed by atoms with Gasteiger partial charge in [0, 0.05) is 24.7 Å². The summed E-state index contributed by atoms with van der Waals surface area (Å²) in [7, 11) is 0. The van der Waals surface area contributed by atoms with E-state index in [4.69, 9.17) is 0 Å². The van der Waals surface area contributed by atoms with E-state index in [1.54, 1.807) is 17.1 Å². The lowest BCUT2D eigenvalue weighted by Crippen LogP contribution is -2.28. The van der Waals surface area contributed by atoms with Crippen LogP contribution in [0.3, 0.4) is 0 Å². The lowest BCUT2D eigenvalue weighted by molar-refractivity contribution is -0.122. The summed E-state index contributed by atoms with van der Waals surface area (Å²) in [4.78, 5) is 24.2. The predicted octanol–water partition coefficient (Wildman–Crippen LogP) is 1.60. The van der Waals surface area contributed by atoms with Gasteiger partial charge in [-0.05, 0) is 17.6 Å². The van der Waals surface area contributed by atoms with Crippen LogP contribution in [-0.4, -0.2) is 33.2 Å². The minimum Gasteiger partial charge on any atom is -0.354 e. The van der Waals surface area contributed by atoms with Gasteiger partial charge >= 0.3 is 0 Å². The summed E-state index contributed by atoms with van der Waals surface area (Å²) in [6.45, 7) is 1.02. The number of carbonyl (C=O) groups is 2. The van der Waals surface area contributed by atoms with Crippen LogP contribution >= 0.6 is 0 Å². The minimum atomic E-state index is -0.135. The van der Waals surface area contributed by atoms with Crippen molar-refractivity contribution in [3.05, 3.63) is 53.9 Å². The van der Waals surface area contributed by atoms with Crippen molar-refractivity contribution < 1.29 is 9.59 Å². The summed E-state index contributed by atoms with van der Waals surface area (Å²) >= 11 is 0. The number of carbonyl (C=O) groups excluding carboxylic acids is 2. The molecular weight excluding hydrogens is 292 g/mol. The van der Waals surface area contributed by atoms with Crippen molar-refractivity contribution in [2.24, 2.45) is 0 Å². The molecule has 1 amide bonds. The number of ketones is 1. The van der Waals surface area contributed by atoms with E-state index < -0.39 is 0 Å². The van der Waals surface area contributed by atoms with Crippen LogP contribution in [0, 0.1) is 0 Å². The van der Waals surface area contributed by atoms with Crippen LogP contribution in [0.25, 0.3) is 5.57 Å². The molecule has 0 aliphatic heterocycles. The number of rotatable bonds is 6. The van der Waals surface area contributed by atoms with E-state index in [0.29, 0.717) is 31.5 Å². The highest BCUT2D eigenvalue weighted by Crippen LogP contribution is 2.33. The maximum Gasteiger partial charge on any atom is 0.224 e. The quantitative estimate of drug-likeness (QED) is 0.879. The summed E-state index contributed by atoms with van der Waals surface area (Å²) in [5.74, 6) is -0.0564. The van der Waals surface area contributed by atoms with Crippen molar-refractivity contribution in [2.45, 2.75) is 25.8 Å². The minimum absolute atomic E-state index is 0.0790. The summed E-state index contributed by atoms with van der Waals surface area (Å²) in [6.07, 6.45) is 4.68. The first-order chi connectivity index (χ1) is 11.2. The van der Waals surface area contributed by atoms with E-state index in [1.807, 2.05) is 30.3 Å². The van der Waals surface area contributed by atoms with Crippen molar-refractivity contribution in [1.82, 2.24) is 20.3 Å². The highest BCUT2D eigenvalue weighted by atomic mass is 16.2. The molecule has 0 unspecified atom stereocenters. The van der Waals surface area contributed by atoms with Crippen molar-refractivity contribution in [3.8, 4) is 0 Å². The highest BCUT2D eigenvalue weighted by Gasteiger charge is 2.25. The van der Waals surface area contributed by atoms with Gasteiger partial charge in [0.05, 0.1) is 19.2 Å². The number of Topliss-reactive ketones (excluding diaryl/α,β-unsaturated/α-hetero) is 1. The lowest BCUT2D eigenvalue weighted by atomic mass is 10.00. The second-order valence-electron chi connectivity index (χ2n) is 5.44. The first-order valence-electron chi connectivity index (χ1n) is 7.65. The molecule has 1 aliphatic carbocycles. The Kier molecular flexibility index (Phi) is 4.61. The summed E-state index contributed by atoms with van der Waals surface area (Å²) in [6, 6.07) is 9.80. The fourth-order valence-electron chi connectivity index (χ4n) is 2.76. The number of nitrogens with one attached hydrogen (secondary N) is 1. The molecule has 1 aromatic heterocycles. The smallest absolute Gasteiger partial charge is 0.224 e. The Balaban J connectivity index is 1.62. The largest absolute Gasteiger partial charge is 0.354 e. The number of hydrogen-bond donors (Lipinski definition) is 1. The molecule has 1 aromatic carbocycles. The van der Waals surface area contributed by atoms with Gasteiger partial charge in [-0.1, -0.05) is 35.5 Å². The Morgan fingerprint density at radius 2 is 2.04 bits per heavy atom. The van der Waals surface area contributed by atoms with Gasteiger partial charge in [-0.15, -0.1) is 5.10 Å². The van der Waals surface area contributed by atoms with Gasteiger partial charge in [-0.2, -0.15) is 0 Å². The van der Waals surface area contributed by atoms with Gasteiger partial charge in [0.1, 0.15) is 0 Å². The molecule has 0 bridgehead atoms. The molecule has 1 N–H and O–H groups in total. The van der Waals surface area contributed by atoms with Gasteiger partial charge in [0.2, 0.25) is 5.91 Å². The average Bonchev–Trinajstić information content (AvgIpc) is 3.19. The average molecular weight is 310 g/mol. The predicted molar refractivity (Wildman–Crippen MR) is 85.3 cm³/mol. The third-order valence-corrected chi connectivity index (χ3v) is 3.90. The Labute approximate surface area is 134 Å². The van der Waals surface area contributed by atoms with E-state index in [1.165, 1.54) is 0 Å². The van der Waals surface area contributed by atoms with E-state index in [9.17, 15) is 9.59 Å². The molecule has 0 spiro atoms. The number of hydrogen-bond acceptors (Lipinski definition) is 4. The van der Waals surface area contributed by atoms with Crippen LogP contribution in [0.2, 0.25) is 0 Å². The SMILES string of the molecule is O=C(CC1=C(c2ccccc2)CCC1=O)NCCn1ccnn1. The fourth-order valence-corrected chi connectivity index (χ4v) is 2.76. The molecule has 23 heavy (non-hydrogen) atoms. The van der Waals surface area contributed by atoms with Crippen molar-refractivity contribution in [2.75, 3.05) is 6.54 Å². The molecule has 6 nitrogen and oxygen atoms in total. The Hall–Kier alpha value is -2.76. The topological polar surface area (TPSA) is 76.9 Å². The van der Waals surface area contributed by atoms with Crippen LogP contribution < -0.4 is 5.32 Å². The van der Waals surface area contributed by atoms with Gasteiger partial charge in [0.15, 0.2) is 5.78 Å². The third-order valence-electron chi connectivity index (χ3n) is 3.90. The monoisotopic (exact) mass is 310 g/mol. The molecule has 0 atom stereocenters. The molecule has 2 aromatic rings. The number of allylic oxidation sites excluding steroid dienone is 1. The van der Waals surface area contributed by atoms with Gasteiger partial charge in [0.25, 0.3) is 0 Å². The maximum absolute atomic E-state index is 12.1. The normalized spacial score (nSPS) is 14.3. The van der Waals surface area contributed by atoms with E-state index >= 15 is 0 Å². The molecule has 118 valence electrons. The second-order valence-corrected chi connectivity index (χ2v) is 5.44. The molecule has 1 heterocycles. The zero-order valence-corrected chi connectivity index (χ0v) is 12.7.